The minimum absolute atomic E-state index is 0.115. The first-order valence-electron chi connectivity index (χ1n) is 5.76. The molecule has 0 unspecified atom stereocenters. The number of non-ortho nitro benzene ring substituents is 1. The van der Waals surface area contributed by atoms with Crippen LogP contribution in [0, 0.1) is 17.0 Å². The van der Waals surface area contributed by atoms with Gasteiger partial charge >= 0.3 is 0 Å². The van der Waals surface area contributed by atoms with Crippen LogP contribution in [-0.4, -0.2) is 29.2 Å². The van der Waals surface area contributed by atoms with Gasteiger partial charge in [-0.25, -0.2) is 0 Å². The molecule has 1 aromatic rings. The summed E-state index contributed by atoms with van der Waals surface area (Å²) in [6, 6.07) is 4.87. The average molecular weight is 236 g/mol. The number of aliphatic hydroxyl groups is 1. The molecule has 0 saturated carbocycles. The Kier molecular flexibility index (Phi) is 3.28. The number of hydrogen-bond acceptors (Lipinski definition) is 4. The second-order valence-electron chi connectivity index (χ2n) is 4.47. The van der Waals surface area contributed by atoms with Crippen molar-refractivity contribution in [2.75, 3.05) is 18.0 Å². The molecule has 0 radical (unpaired) electrons. The third-order valence-corrected chi connectivity index (χ3v) is 3.13. The topological polar surface area (TPSA) is 66.6 Å². The van der Waals surface area contributed by atoms with Crippen LogP contribution in [0.25, 0.3) is 0 Å². The van der Waals surface area contributed by atoms with E-state index in [1.165, 1.54) is 6.07 Å². The monoisotopic (exact) mass is 236 g/mol. The van der Waals surface area contributed by atoms with Crippen LogP contribution >= 0.6 is 0 Å². The molecule has 17 heavy (non-hydrogen) atoms. The molecule has 0 amide bonds. The van der Waals surface area contributed by atoms with Crippen molar-refractivity contribution in [3.8, 4) is 0 Å². The molecule has 92 valence electrons. The van der Waals surface area contributed by atoms with Crippen LogP contribution in [-0.2, 0) is 0 Å². The SMILES string of the molecule is Cc1cc([N+](=O)[O-])ccc1N1CCC[C@H](O)C1. The summed E-state index contributed by atoms with van der Waals surface area (Å²) in [4.78, 5) is 12.3. The van der Waals surface area contributed by atoms with Gasteiger partial charge < -0.3 is 10.0 Å². The van der Waals surface area contributed by atoms with E-state index in [4.69, 9.17) is 0 Å². The predicted octanol–water partition coefficient (Wildman–Crippen LogP) is 1.86. The van der Waals surface area contributed by atoms with Gasteiger partial charge in [-0.1, -0.05) is 0 Å². The highest BCUT2D eigenvalue weighted by Crippen LogP contribution is 2.27. The Balaban J connectivity index is 2.23. The lowest BCUT2D eigenvalue weighted by Gasteiger charge is -2.32. The third kappa shape index (κ3) is 2.55. The van der Waals surface area contributed by atoms with E-state index in [1.807, 2.05) is 6.92 Å². The fraction of sp³-hybridized carbons (Fsp3) is 0.500. The largest absolute Gasteiger partial charge is 0.391 e. The number of rotatable bonds is 2. The lowest BCUT2D eigenvalue weighted by Crippen LogP contribution is -2.38. The van der Waals surface area contributed by atoms with Gasteiger partial charge in [-0.05, 0) is 31.4 Å². The summed E-state index contributed by atoms with van der Waals surface area (Å²) >= 11 is 0. The summed E-state index contributed by atoms with van der Waals surface area (Å²) < 4.78 is 0. The number of nitro benzene ring substituents is 1. The second kappa shape index (κ2) is 4.71. The summed E-state index contributed by atoms with van der Waals surface area (Å²) in [5, 5.41) is 20.3. The van der Waals surface area contributed by atoms with Crippen LogP contribution in [0.5, 0.6) is 0 Å². The zero-order valence-corrected chi connectivity index (χ0v) is 9.80. The van der Waals surface area contributed by atoms with E-state index in [0.29, 0.717) is 6.54 Å². The Hall–Kier alpha value is -1.62. The molecule has 5 nitrogen and oxygen atoms in total. The molecule has 0 aromatic heterocycles. The lowest BCUT2D eigenvalue weighted by atomic mass is 10.1. The summed E-state index contributed by atoms with van der Waals surface area (Å²) in [5.41, 5.74) is 1.98. The Morgan fingerprint density at radius 3 is 2.88 bits per heavy atom. The van der Waals surface area contributed by atoms with Gasteiger partial charge in [-0.15, -0.1) is 0 Å². The van der Waals surface area contributed by atoms with E-state index >= 15 is 0 Å². The van der Waals surface area contributed by atoms with Gasteiger partial charge in [0, 0.05) is 30.9 Å². The van der Waals surface area contributed by atoms with Crippen molar-refractivity contribution < 1.29 is 10.0 Å². The van der Waals surface area contributed by atoms with Gasteiger partial charge in [0.25, 0.3) is 5.69 Å². The van der Waals surface area contributed by atoms with Crippen molar-refractivity contribution in [3.63, 3.8) is 0 Å². The number of anilines is 1. The van der Waals surface area contributed by atoms with Gasteiger partial charge in [-0.3, -0.25) is 10.1 Å². The van der Waals surface area contributed by atoms with Crippen molar-refractivity contribution in [1.29, 1.82) is 0 Å². The van der Waals surface area contributed by atoms with E-state index in [9.17, 15) is 15.2 Å². The van der Waals surface area contributed by atoms with E-state index in [2.05, 4.69) is 4.90 Å². The number of hydrogen-bond donors (Lipinski definition) is 1. The summed E-state index contributed by atoms with van der Waals surface area (Å²) in [5.74, 6) is 0. The van der Waals surface area contributed by atoms with E-state index in [-0.39, 0.29) is 16.7 Å². The molecule has 2 rings (SSSR count). The Morgan fingerprint density at radius 1 is 1.53 bits per heavy atom. The number of nitrogens with zero attached hydrogens (tertiary/aromatic N) is 2. The maximum atomic E-state index is 10.6. The molecule has 1 aromatic carbocycles. The highest BCUT2D eigenvalue weighted by Gasteiger charge is 2.20. The molecule has 1 fully saturated rings. The van der Waals surface area contributed by atoms with E-state index in [1.54, 1.807) is 12.1 Å². The van der Waals surface area contributed by atoms with Crippen molar-refractivity contribution in [2.24, 2.45) is 0 Å². The second-order valence-corrected chi connectivity index (χ2v) is 4.47. The Bertz CT molecular complexity index is 434. The van der Waals surface area contributed by atoms with Crippen LogP contribution in [0.2, 0.25) is 0 Å². The molecule has 0 bridgehead atoms. The molecule has 1 aliphatic rings. The number of benzene rings is 1. The Labute approximate surface area is 99.8 Å². The molecule has 1 aliphatic heterocycles. The first-order chi connectivity index (χ1) is 8.08. The van der Waals surface area contributed by atoms with E-state index in [0.717, 1.165) is 30.6 Å². The first-order valence-corrected chi connectivity index (χ1v) is 5.76. The number of β-amino-alcohol motifs (C(OH)–C–C–N with tert-alkyl or cyclic N) is 1. The standard InChI is InChI=1S/C12H16N2O3/c1-9-7-10(14(16)17)4-5-12(9)13-6-2-3-11(15)8-13/h4-5,7,11,15H,2-3,6,8H2,1H3/t11-/m0/s1. The van der Waals surface area contributed by atoms with E-state index < -0.39 is 0 Å². The number of piperidine rings is 1. The number of aliphatic hydroxyl groups excluding tert-OH is 1. The predicted molar refractivity (Wildman–Crippen MR) is 65.3 cm³/mol. The molecule has 5 heteroatoms. The maximum absolute atomic E-state index is 10.6. The number of nitro groups is 1. The van der Waals surface area contributed by atoms with Gasteiger partial charge in [0.15, 0.2) is 0 Å². The van der Waals surface area contributed by atoms with Gasteiger partial charge in [0.1, 0.15) is 0 Å². The van der Waals surface area contributed by atoms with Gasteiger partial charge in [0.05, 0.1) is 11.0 Å². The van der Waals surface area contributed by atoms with Crippen molar-refractivity contribution in [3.05, 3.63) is 33.9 Å². The first kappa shape index (κ1) is 11.9. The highest BCUT2D eigenvalue weighted by atomic mass is 16.6. The van der Waals surface area contributed by atoms with Crippen LogP contribution < -0.4 is 4.90 Å². The fourth-order valence-corrected chi connectivity index (χ4v) is 2.28. The average Bonchev–Trinajstić information content (AvgIpc) is 2.28. The van der Waals surface area contributed by atoms with Crippen LogP contribution in [0.3, 0.4) is 0 Å². The van der Waals surface area contributed by atoms with Crippen LogP contribution in [0.15, 0.2) is 18.2 Å². The van der Waals surface area contributed by atoms with Gasteiger partial charge in [0.2, 0.25) is 0 Å². The van der Waals surface area contributed by atoms with Crippen molar-refractivity contribution >= 4 is 11.4 Å². The molecule has 0 aliphatic carbocycles. The summed E-state index contributed by atoms with van der Waals surface area (Å²) in [7, 11) is 0. The summed E-state index contributed by atoms with van der Waals surface area (Å²) in [6.45, 7) is 3.37. The maximum Gasteiger partial charge on any atom is 0.269 e. The van der Waals surface area contributed by atoms with Crippen LogP contribution in [0.4, 0.5) is 11.4 Å². The molecule has 1 heterocycles. The molecular formula is C12H16N2O3. The molecule has 1 N–H and O–H groups in total. The molecular weight excluding hydrogens is 220 g/mol. The normalized spacial score (nSPS) is 20.4. The zero-order chi connectivity index (χ0) is 12.4. The molecule has 1 atom stereocenters. The highest BCUT2D eigenvalue weighted by molar-refractivity contribution is 5.57. The minimum Gasteiger partial charge on any atom is -0.391 e. The lowest BCUT2D eigenvalue weighted by molar-refractivity contribution is -0.384. The molecule has 1 saturated heterocycles. The minimum atomic E-state index is -0.387. The number of aryl methyl sites for hydroxylation is 1. The van der Waals surface area contributed by atoms with Crippen LogP contribution in [0.1, 0.15) is 18.4 Å². The Morgan fingerprint density at radius 2 is 2.29 bits per heavy atom. The van der Waals surface area contributed by atoms with Crippen molar-refractivity contribution in [1.82, 2.24) is 0 Å². The fourth-order valence-electron chi connectivity index (χ4n) is 2.28. The third-order valence-electron chi connectivity index (χ3n) is 3.13. The molecule has 0 spiro atoms. The quantitative estimate of drug-likeness (QED) is 0.628. The zero-order valence-electron chi connectivity index (χ0n) is 9.80. The van der Waals surface area contributed by atoms with Gasteiger partial charge in [-0.2, -0.15) is 0 Å². The van der Waals surface area contributed by atoms with Crippen molar-refractivity contribution in [2.45, 2.75) is 25.9 Å². The smallest absolute Gasteiger partial charge is 0.269 e. The summed E-state index contributed by atoms with van der Waals surface area (Å²) in [6.07, 6.45) is 1.50.